The second-order valence-corrected chi connectivity index (χ2v) is 9.61. The summed E-state index contributed by atoms with van der Waals surface area (Å²) in [5.41, 5.74) is 0. The van der Waals surface area contributed by atoms with E-state index >= 15 is 0 Å². The molecule has 2 N–H and O–H groups in total. The molecule has 1 saturated heterocycles. The van der Waals surface area contributed by atoms with E-state index in [2.05, 4.69) is 33.0 Å². The van der Waals surface area contributed by atoms with Crippen LogP contribution in [0.4, 0.5) is 0 Å². The van der Waals surface area contributed by atoms with Crippen molar-refractivity contribution >= 4 is 51.1 Å². The van der Waals surface area contributed by atoms with Crippen molar-refractivity contribution in [3.63, 3.8) is 0 Å². The zero-order valence-corrected chi connectivity index (χ0v) is 19.6. The molecule has 0 aromatic carbocycles. The lowest BCUT2D eigenvalue weighted by atomic mass is 10.2. The average Bonchev–Trinajstić information content (AvgIpc) is 3.29. The first-order valence-electron chi connectivity index (χ1n) is 9.05. The third-order valence-electron chi connectivity index (χ3n) is 4.36. The summed E-state index contributed by atoms with van der Waals surface area (Å²) in [5.74, 6) is 1.00. The minimum atomic E-state index is -2.96. The summed E-state index contributed by atoms with van der Waals surface area (Å²) >= 11 is 1.78. The van der Waals surface area contributed by atoms with Crippen molar-refractivity contribution in [3.05, 3.63) is 22.4 Å². The Hall–Kier alpha value is -0.390. The summed E-state index contributed by atoms with van der Waals surface area (Å²) in [6.45, 7) is 7.74. The van der Waals surface area contributed by atoms with Gasteiger partial charge in [-0.15, -0.1) is 35.3 Å². The van der Waals surface area contributed by atoms with Crippen LogP contribution in [0.1, 0.15) is 37.6 Å². The highest BCUT2D eigenvalue weighted by molar-refractivity contribution is 14.0. The van der Waals surface area contributed by atoms with Gasteiger partial charge in [-0.05, 0) is 44.3 Å². The van der Waals surface area contributed by atoms with Gasteiger partial charge in [0.1, 0.15) is 0 Å². The first kappa shape index (κ1) is 23.6. The van der Waals surface area contributed by atoms with Crippen molar-refractivity contribution in [1.29, 1.82) is 0 Å². The van der Waals surface area contributed by atoms with Crippen molar-refractivity contribution in [2.45, 2.75) is 32.7 Å². The number of nitrogens with zero attached hydrogens (tertiary/aromatic N) is 2. The number of hydrogen-bond donors (Lipinski definition) is 2. The zero-order valence-electron chi connectivity index (χ0n) is 15.6. The third kappa shape index (κ3) is 7.69. The molecular weight excluding hydrogens is 483 g/mol. The topological polar surface area (TPSA) is 73.8 Å². The number of guanidine groups is 1. The maximum Gasteiger partial charge on any atom is 0.191 e. The molecule has 1 aliphatic heterocycles. The van der Waals surface area contributed by atoms with Gasteiger partial charge < -0.3 is 10.6 Å². The predicted octanol–water partition coefficient (Wildman–Crippen LogP) is 2.49. The van der Waals surface area contributed by atoms with E-state index in [4.69, 9.17) is 4.99 Å². The Balaban J connectivity index is 0.00000338. The smallest absolute Gasteiger partial charge is 0.191 e. The number of hydrogen-bond acceptors (Lipinski definition) is 5. The molecule has 9 heteroatoms. The molecule has 1 atom stereocenters. The van der Waals surface area contributed by atoms with Crippen LogP contribution in [0.25, 0.3) is 0 Å². The number of nitrogens with one attached hydrogen (secondary N) is 2. The summed E-state index contributed by atoms with van der Waals surface area (Å²) in [5, 5.41) is 8.47. The molecule has 150 valence electrons. The molecule has 2 rings (SSSR count). The Bertz CT molecular complexity index is 629. The molecule has 2 heterocycles. The zero-order chi connectivity index (χ0) is 18.1. The molecule has 0 aliphatic carbocycles. The molecule has 0 amide bonds. The van der Waals surface area contributed by atoms with Crippen LogP contribution in [0.15, 0.2) is 22.5 Å². The average molecular weight is 514 g/mol. The lowest BCUT2D eigenvalue weighted by Gasteiger charge is -2.25. The number of halogens is 1. The molecular formula is C17H31IN4O2S2. The van der Waals surface area contributed by atoms with E-state index < -0.39 is 9.84 Å². The molecule has 1 aliphatic rings. The Kier molecular flexibility index (Phi) is 11.0. The molecule has 6 nitrogen and oxygen atoms in total. The van der Waals surface area contributed by atoms with E-state index in [-0.39, 0.29) is 35.5 Å². The molecule has 0 bridgehead atoms. The van der Waals surface area contributed by atoms with Crippen LogP contribution in [-0.4, -0.2) is 63.5 Å². The maximum atomic E-state index is 11.6. The van der Waals surface area contributed by atoms with E-state index in [0.29, 0.717) is 25.1 Å². The van der Waals surface area contributed by atoms with Crippen molar-refractivity contribution in [3.8, 4) is 0 Å². The second kappa shape index (κ2) is 12.1. The van der Waals surface area contributed by atoms with Gasteiger partial charge in [-0.25, -0.2) is 8.42 Å². The van der Waals surface area contributed by atoms with E-state index in [9.17, 15) is 8.42 Å². The summed E-state index contributed by atoms with van der Waals surface area (Å²) in [7, 11) is -2.96. The normalized spacial score (nSPS) is 16.9. The number of thiophene rings is 1. The molecule has 1 unspecified atom stereocenters. The highest BCUT2D eigenvalue weighted by atomic mass is 127. The lowest BCUT2D eigenvalue weighted by molar-refractivity contribution is 0.255. The molecule has 1 aromatic heterocycles. The molecule has 1 aromatic rings. The highest BCUT2D eigenvalue weighted by Crippen LogP contribution is 2.28. The largest absolute Gasteiger partial charge is 0.357 e. The van der Waals surface area contributed by atoms with Gasteiger partial charge in [0, 0.05) is 23.7 Å². The maximum absolute atomic E-state index is 11.6. The van der Waals surface area contributed by atoms with E-state index in [0.717, 1.165) is 19.6 Å². The molecule has 0 saturated carbocycles. The highest BCUT2D eigenvalue weighted by Gasteiger charge is 2.24. The monoisotopic (exact) mass is 514 g/mol. The summed E-state index contributed by atoms with van der Waals surface area (Å²) in [6, 6.07) is 4.57. The second-order valence-electron chi connectivity index (χ2n) is 6.16. The fourth-order valence-corrected chi connectivity index (χ4v) is 4.46. The number of rotatable bonds is 9. The van der Waals surface area contributed by atoms with Gasteiger partial charge in [-0.3, -0.25) is 9.89 Å². The van der Waals surface area contributed by atoms with Crippen molar-refractivity contribution in [2.24, 2.45) is 4.99 Å². The lowest BCUT2D eigenvalue weighted by Crippen LogP contribution is -2.40. The van der Waals surface area contributed by atoms with Crippen LogP contribution in [-0.2, 0) is 9.84 Å². The van der Waals surface area contributed by atoms with Crippen LogP contribution in [0.3, 0.4) is 0 Å². The van der Waals surface area contributed by atoms with Crippen LogP contribution < -0.4 is 10.6 Å². The van der Waals surface area contributed by atoms with E-state index in [1.54, 1.807) is 18.3 Å². The Labute approximate surface area is 178 Å². The van der Waals surface area contributed by atoms with Gasteiger partial charge in [-0.1, -0.05) is 13.0 Å². The van der Waals surface area contributed by atoms with Crippen molar-refractivity contribution < 1.29 is 8.42 Å². The molecule has 26 heavy (non-hydrogen) atoms. The predicted molar refractivity (Wildman–Crippen MR) is 122 cm³/mol. The molecule has 0 spiro atoms. The molecule has 0 radical (unpaired) electrons. The quantitative estimate of drug-likeness (QED) is 0.301. The number of likely N-dealkylation sites (tertiary alicyclic amines) is 1. The van der Waals surface area contributed by atoms with Gasteiger partial charge in [0.2, 0.25) is 0 Å². The van der Waals surface area contributed by atoms with Crippen LogP contribution in [0, 0.1) is 0 Å². The first-order chi connectivity index (χ1) is 12.1. The van der Waals surface area contributed by atoms with Crippen LogP contribution in [0.2, 0.25) is 0 Å². The van der Waals surface area contributed by atoms with Crippen LogP contribution >= 0.6 is 35.3 Å². The number of sulfone groups is 1. The van der Waals surface area contributed by atoms with E-state index in [1.165, 1.54) is 17.7 Å². The third-order valence-corrected chi connectivity index (χ3v) is 7.04. The number of aliphatic imine (C=N–C) groups is 1. The first-order valence-corrected chi connectivity index (χ1v) is 11.8. The fourth-order valence-electron chi connectivity index (χ4n) is 2.91. The Morgan fingerprint density at radius 2 is 2.04 bits per heavy atom. The SMILES string of the molecule is CCNC(=NCC(c1cccs1)N1CCCC1)NCCS(=O)(=O)CC.I. The summed E-state index contributed by atoms with van der Waals surface area (Å²) in [6.07, 6.45) is 2.50. The van der Waals surface area contributed by atoms with Crippen molar-refractivity contribution in [2.75, 3.05) is 44.2 Å². The standard InChI is InChI=1S/C17H30N4O2S2.HI/c1-3-18-17(19-9-13-25(22,23)4-2)20-14-15(16-8-7-12-24-16)21-10-5-6-11-21;/h7-8,12,15H,3-6,9-11,13-14H2,1-2H3,(H2,18,19,20);1H. The Morgan fingerprint density at radius 3 is 2.62 bits per heavy atom. The minimum Gasteiger partial charge on any atom is -0.357 e. The van der Waals surface area contributed by atoms with Crippen LogP contribution in [0.5, 0.6) is 0 Å². The van der Waals surface area contributed by atoms with Crippen molar-refractivity contribution in [1.82, 2.24) is 15.5 Å². The van der Waals surface area contributed by atoms with Gasteiger partial charge in [0.15, 0.2) is 15.8 Å². The minimum absolute atomic E-state index is 0. The van der Waals surface area contributed by atoms with Gasteiger partial charge in [-0.2, -0.15) is 0 Å². The summed E-state index contributed by atoms with van der Waals surface area (Å²) < 4.78 is 23.3. The van der Waals surface area contributed by atoms with Gasteiger partial charge in [0.05, 0.1) is 18.3 Å². The van der Waals surface area contributed by atoms with E-state index in [1.807, 2.05) is 6.92 Å². The van der Waals surface area contributed by atoms with Gasteiger partial charge >= 0.3 is 0 Å². The molecule has 1 fully saturated rings. The summed E-state index contributed by atoms with van der Waals surface area (Å²) in [4.78, 5) is 8.57. The van der Waals surface area contributed by atoms with Gasteiger partial charge in [0.25, 0.3) is 0 Å². The Morgan fingerprint density at radius 1 is 1.31 bits per heavy atom. The fraction of sp³-hybridized carbons (Fsp3) is 0.706.